The minimum absolute atomic E-state index is 0.436. The number of benzene rings is 1. The van der Waals surface area contributed by atoms with Gasteiger partial charge in [-0.3, -0.25) is 9.78 Å². The Labute approximate surface area is 102 Å². The number of carbonyl (C=O) groups excluding carboxylic acids is 1. The van der Waals surface area contributed by atoms with E-state index >= 15 is 0 Å². The molecule has 0 fully saturated rings. The maximum absolute atomic E-state index is 11.0. The summed E-state index contributed by atoms with van der Waals surface area (Å²) in [7, 11) is 0. The second-order valence-electron chi connectivity index (χ2n) is 3.49. The minimum atomic E-state index is -0.467. The number of hydrogen-bond donors (Lipinski definition) is 3. The molecule has 0 aliphatic carbocycles. The highest BCUT2D eigenvalue weighted by molar-refractivity contribution is 7.09. The molecule has 88 valence electrons. The number of thiazole rings is 1. The van der Waals surface area contributed by atoms with Crippen LogP contribution in [0, 0.1) is 0 Å². The lowest BCUT2D eigenvalue weighted by Gasteiger charge is -2.09. The van der Waals surface area contributed by atoms with Crippen molar-refractivity contribution in [3.8, 4) is 0 Å². The first kappa shape index (κ1) is 11.4. The summed E-state index contributed by atoms with van der Waals surface area (Å²) in [6.07, 6.45) is 1.78. The van der Waals surface area contributed by atoms with Gasteiger partial charge in [0.05, 0.1) is 23.4 Å². The van der Waals surface area contributed by atoms with E-state index in [2.05, 4.69) is 10.3 Å². The number of nitrogens with two attached hydrogens (primary N) is 2. The molecule has 0 saturated carbocycles. The quantitative estimate of drug-likeness (QED) is 0.713. The first-order valence-corrected chi connectivity index (χ1v) is 5.85. The van der Waals surface area contributed by atoms with Crippen LogP contribution in [0.5, 0.6) is 0 Å². The molecule has 1 aromatic carbocycles. The van der Waals surface area contributed by atoms with Gasteiger partial charge in [0.25, 0.3) is 0 Å². The van der Waals surface area contributed by atoms with Crippen LogP contribution in [0.4, 0.5) is 11.4 Å². The van der Waals surface area contributed by atoms with E-state index in [0.717, 1.165) is 4.88 Å². The number of aromatic nitrogens is 1. The molecule has 1 aromatic heterocycles. The molecule has 2 aromatic rings. The second-order valence-corrected chi connectivity index (χ2v) is 4.46. The van der Waals surface area contributed by atoms with Gasteiger partial charge < -0.3 is 16.8 Å². The monoisotopic (exact) mass is 248 g/mol. The molecule has 0 saturated heterocycles. The fourth-order valence-electron chi connectivity index (χ4n) is 1.37. The van der Waals surface area contributed by atoms with Gasteiger partial charge in [-0.05, 0) is 18.2 Å². The lowest BCUT2D eigenvalue weighted by molar-refractivity contribution is 0.100. The molecule has 17 heavy (non-hydrogen) atoms. The zero-order valence-corrected chi connectivity index (χ0v) is 9.83. The van der Waals surface area contributed by atoms with E-state index in [0.29, 0.717) is 23.5 Å². The summed E-state index contributed by atoms with van der Waals surface area (Å²) < 4.78 is 0. The lowest BCUT2D eigenvalue weighted by Crippen LogP contribution is -2.12. The Balaban J connectivity index is 2.14. The fourth-order valence-corrected chi connectivity index (χ4v) is 1.91. The number of primary amides is 1. The van der Waals surface area contributed by atoms with E-state index in [1.807, 2.05) is 0 Å². The van der Waals surface area contributed by atoms with E-state index in [-0.39, 0.29) is 0 Å². The summed E-state index contributed by atoms with van der Waals surface area (Å²) in [6.45, 7) is 0.622. The third kappa shape index (κ3) is 2.73. The summed E-state index contributed by atoms with van der Waals surface area (Å²) in [5.74, 6) is -0.467. The molecule has 6 heteroatoms. The highest BCUT2D eigenvalue weighted by atomic mass is 32.1. The largest absolute Gasteiger partial charge is 0.397 e. The summed E-state index contributed by atoms with van der Waals surface area (Å²) in [6, 6.07) is 4.92. The number of rotatable bonds is 4. The van der Waals surface area contributed by atoms with Gasteiger partial charge in [0, 0.05) is 16.6 Å². The number of hydrogen-bond acceptors (Lipinski definition) is 5. The van der Waals surface area contributed by atoms with Crippen molar-refractivity contribution in [1.29, 1.82) is 0 Å². The van der Waals surface area contributed by atoms with Crippen LogP contribution in [0.1, 0.15) is 15.2 Å². The SMILES string of the molecule is NC(=O)c1ccc(N)c(NCc2cncs2)c1. The van der Waals surface area contributed by atoms with Crippen molar-refractivity contribution in [2.75, 3.05) is 11.1 Å². The number of anilines is 2. The van der Waals surface area contributed by atoms with Gasteiger partial charge in [0.15, 0.2) is 0 Å². The Morgan fingerprint density at radius 3 is 2.94 bits per heavy atom. The van der Waals surface area contributed by atoms with Gasteiger partial charge >= 0.3 is 0 Å². The standard InChI is InChI=1S/C11H12N4OS/c12-9-2-1-7(11(13)16)3-10(9)15-5-8-4-14-6-17-8/h1-4,6,15H,5,12H2,(H2,13,16). The van der Waals surface area contributed by atoms with Crippen molar-refractivity contribution in [3.05, 3.63) is 40.3 Å². The van der Waals surface area contributed by atoms with Crippen molar-refractivity contribution < 1.29 is 4.79 Å². The van der Waals surface area contributed by atoms with Crippen molar-refractivity contribution in [1.82, 2.24) is 4.98 Å². The number of nitrogen functional groups attached to an aromatic ring is 1. The third-order valence-corrected chi connectivity index (χ3v) is 3.05. The molecule has 0 atom stereocenters. The Kier molecular flexibility index (Phi) is 3.24. The van der Waals surface area contributed by atoms with Crippen LogP contribution in [0.25, 0.3) is 0 Å². The van der Waals surface area contributed by atoms with Gasteiger partial charge in [-0.25, -0.2) is 0 Å². The van der Waals surface area contributed by atoms with Gasteiger partial charge in [-0.15, -0.1) is 11.3 Å². The molecular formula is C11H12N4OS. The molecule has 5 nitrogen and oxygen atoms in total. The first-order valence-electron chi connectivity index (χ1n) is 4.97. The summed E-state index contributed by atoms with van der Waals surface area (Å²) in [4.78, 5) is 16.1. The van der Waals surface area contributed by atoms with E-state index < -0.39 is 5.91 Å². The van der Waals surface area contributed by atoms with Crippen LogP contribution in [-0.4, -0.2) is 10.9 Å². The molecule has 1 heterocycles. The minimum Gasteiger partial charge on any atom is -0.397 e. The van der Waals surface area contributed by atoms with Crippen LogP contribution in [0.2, 0.25) is 0 Å². The van der Waals surface area contributed by atoms with Crippen LogP contribution in [0.3, 0.4) is 0 Å². The molecule has 0 bridgehead atoms. The Hall–Kier alpha value is -2.08. The molecule has 2 rings (SSSR count). The number of carbonyl (C=O) groups is 1. The summed E-state index contributed by atoms with van der Waals surface area (Å²) in [5.41, 5.74) is 14.5. The maximum Gasteiger partial charge on any atom is 0.248 e. The van der Waals surface area contributed by atoms with Crippen LogP contribution in [0.15, 0.2) is 29.9 Å². The van der Waals surface area contributed by atoms with Crippen molar-refractivity contribution in [2.24, 2.45) is 5.73 Å². The third-order valence-electron chi connectivity index (χ3n) is 2.27. The second kappa shape index (κ2) is 4.84. The number of nitrogens with one attached hydrogen (secondary N) is 1. The molecule has 0 spiro atoms. The lowest BCUT2D eigenvalue weighted by atomic mass is 10.1. The first-order chi connectivity index (χ1) is 8.16. The molecule has 0 unspecified atom stereocenters. The molecule has 5 N–H and O–H groups in total. The van der Waals surface area contributed by atoms with Gasteiger partial charge in [-0.1, -0.05) is 0 Å². The van der Waals surface area contributed by atoms with Gasteiger partial charge in [-0.2, -0.15) is 0 Å². The van der Waals surface area contributed by atoms with Gasteiger partial charge in [0.2, 0.25) is 5.91 Å². The zero-order chi connectivity index (χ0) is 12.3. The predicted molar refractivity (Wildman–Crippen MR) is 68.8 cm³/mol. The smallest absolute Gasteiger partial charge is 0.248 e. The highest BCUT2D eigenvalue weighted by Gasteiger charge is 2.05. The van der Waals surface area contributed by atoms with Crippen LogP contribution >= 0.6 is 11.3 Å². The molecule has 0 radical (unpaired) electrons. The van der Waals surface area contributed by atoms with E-state index in [9.17, 15) is 4.79 Å². The number of amides is 1. The molecule has 0 aliphatic heterocycles. The van der Waals surface area contributed by atoms with Crippen LogP contribution in [-0.2, 0) is 6.54 Å². The van der Waals surface area contributed by atoms with E-state index in [1.165, 1.54) is 0 Å². The van der Waals surface area contributed by atoms with E-state index in [1.54, 1.807) is 41.2 Å². The molecule has 0 aliphatic rings. The van der Waals surface area contributed by atoms with Crippen molar-refractivity contribution >= 4 is 28.6 Å². The normalized spacial score (nSPS) is 10.1. The van der Waals surface area contributed by atoms with Crippen molar-refractivity contribution in [2.45, 2.75) is 6.54 Å². The van der Waals surface area contributed by atoms with Gasteiger partial charge in [0.1, 0.15) is 0 Å². The summed E-state index contributed by atoms with van der Waals surface area (Å²) >= 11 is 1.55. The maximum atomic E-state index is 11.0. The Bertz CT molecular complexity index is 524. The molecule has 1 amide bonds. The summed E-state index contributed by atoms with van der Waals surface area (Å²) in [5, 5.41) is 3.15. The van der Waals surface area contributed by atoms with E-state index in [4.69, 9.17) is 11.5 Å². The van der Waals surface area contributed by atoms with Crippen molar-refractivity contribution in [3.63, 3.8) is 0 Å². The number of nitrogens with zero attached hydrogens (tertiary/aromatic N) is 1. The predicted octanol–water partition coefficient (Wildman–Crippen LogP) is 1.44. The zero-order valence-electron chi connectivity index (χ0n) is 9.01. The fraction of sp³-hybridized carbons (Fsp3) is 0.0909. The highest BCUT2D eigenvalue weighted by Crippen LogP contribution is 2.21. The topological polar surface area (TPSA) is 94.0 Å². The Morgan fingerprint density at radius 1 is 1.47 bits per heavy atom. The Morgan fingerprint density at radius 2 is 2.29 bits per heavy atom. The van der Waals surface area contributed by atoms with Crippen LogP contribution < -0.4 is 16.8 Å². The molecular weight excluding hydrogens is 236 g/mol. The average molecular weight is 248 g/mol. The average Bonchev–Trinajstić information content (AvgIpc) is 2.80.